The molecule has 0 spiro atoms. The van der Waals surface area contributed by atoms with E-state index in [1.807, 2.05) is 0 Å². The van der Waals surface area contributed by atoms with Gasteiger partial charge in [0.05, 0.1) is 0 Å². The molecule has 3 rings (SSSR count). The van der Waals surface area contributed by atoms with E-state index in [-0.39, 0.29) is 28.8 Å². The molecule has 2 heterocycles. The number of nitrogens with one attached hydrogen (secondary N) is 1. The SMILES string of the molecule is CC1=CC(O)(C(F)(F)F)N(C(=O)c2ccc(COc3ccc(Cl)cc3)o2)N1. The summed E-state index contributed by atoms with van der Waals surface area (Å²) in [7, 11) is 0. The molecule has 10 heteroatoms. The van der Waals surface area contributed by atoms with Gasteiger partial charge in [-0.05, 0) is 49.4 Å². The fourth-order valence-corrected chi connectivity index (χ4v) is 2.57. The lowest BCUT2D eigenvalue weighted by Crippen LogP contribution is -2.60. The average molecular weight is 403 g/mol. The molecule has 0 saturated heterocycles. The van der Waals surface area contributed by atoms with Crippen LogP contribution >= 0.6 is 11.6 Å². The molecule has 0 aliphatic carbocycles. The highest BCUT2D eigenvalue weighted by Crippen LogP contribution is 2.38. The Morgan fingerprint density at radius 1 is 1.30 bits per heavy atom. The van der Waals surface area contributed by atoms with Gasteiger partial charge in [-0.3, -0.25) is 10.2 Å². The highest BCUT2D eigenvalue weighted by molar-refractivity contribution is 6.30. The maximum Gasteiger partial charge on any atom is 0.442 e. The van der Waals surface area contributed by atoms with E-state index in [1.165, 1.54) is 19.1 Å². The van der Waals surface area contributed by atoms with Crippen molar-refractivity contribution in [2.45, 2.75) is 25.4 Å². The minimum Gasteiger partial charge on any atom is -0.486 e. The summed E-state index contributed by atoms with van der Waals surface area (Å²) in [5.41, 5.74) is -1.31. The smallest absolute Gasteiger partial charge is 0.442 e. The number of hydrogen-bond acceptors (Lipinski definition) is 5. The van der Waals surface area contributed by atoms with Crippen LogP contribution in [0.4, 0.5) is 13.2 Å². The van der Waals surface area contributed by atoms with Crippen LogP contribution in [0.15, 0.2) is 52.6 Å². The standard InChI is InChI=1S/C17H14ClF3N2O4/c1-10-8-16(25,17(19,20)21)23(22-10)15(24)14-7-6-13(27-14)9-26-12-4-2-11(18)3-5-12/h2-8,22,25H,9H2,1H3. The highest BCUT2D eigenvalue weighted by atomic mass is 35.5. The first-order chi connectivity index (χ1) is 12.6. The van der Waals surface area contributed by atoms with Crippen LogP contribution in [0, 0.1) is 0 Å². The maximum absolute atomic E-state index is 13.2. The number of amides is 1. The van der Waals surface area contributed by atoms with Gasteiger partial charge < -0.3 is 14.3 Å². The van der Waals surface area contributed by atoms with Crippen molar-refractivity contribution in [2.75, 3.05) is 0 Å². The largest absolute Gasteiger partial charge is 0.486 e. The molecule has 0 bridgehead atoms. The molecule has 0 radical (unpaired) electrons. The van der Waals surface area contributed by atoms with Crippen molar-refractivity contribution in [1.82, 2.24) is 10.4 Å². The summed E-state index contributed by atoms with van der Waals surface area (Å²) in [5.74, 6) is -0.854. The number of ether oxygens (including phenoxy) is 1. The molecular weight excluding hydrogens is 389 g/mol. The minimum atomic E-state index is -5.10. The second kappa shape index (κ2) is 6.82. The van der Waals surface area contributed by atoms with Crippen LogP contribution < -0.4 is 10.2 Å². The average Bonchev–Trinajstić information content (AvgIpc) is 3.18. The second-order valence-electron chi connectivity index (χ2n) is 5.81. The molecule has 1 aromatic heterocycles. The zero-order chi connectivity index (χ0) is 19.8. The Kier molecular flexibility index (Phi) is 4.83. The van der Waals surface area contributed by atoms with E-state index in [1.54, 1.807) is 24.3 Å². The number of rotatable bonds is 4. The van der Waals surface area contributed by atoms with E-state index in [9.17, 15) is 23.1 Å². The Morgan fingerprint density at radius 2 is 1.96 bits per heavy atom. The molecule has 144 valence electrons. The van der Waals surface area contributed by atoms with Crippen LogP contribution in [-0.2, 0) is 6.61 Å². The van der Waals surface area contributed by atoms with Crippen LogP contribution in [0.2, 0.25) is 5.02 Å². The normalized spacial score (nSPS) is 19.6. The Hall–Kier alpha value is -2.65. The number of hydrogen-bond donors (Lipinski definition) is 2. The first-order valence-corrected chi connectivity index (χ1v) is 8.05. The molecule has 1 unspecified atom stereocenters. The van der Waals surface area contributed by atoms with Gasteiger partial charge >= 0.3 is 12.1 Å². The Balaban J connectivity index is 1.72. The molecular formula is C17H14ClF3N2O4. The number of furan rings is 1. The molecule has 2 aromatic rings. The minimum absolute atomic E-state index is 0.0268. The lowest BCUT2D eigenvalue weighted by molar-refractivity contribution is -0.283. The van der Waals surface area contributed by atoms with Crippen LogP contribution in [0.5, 0.6) is 5.75 Å². The molecule has 1 atom stereocenters. The van der Waals surface area contributed by atoms with Crippen LogP contribution in [-0.4, -0.2) is 27.9 Å². The molecule has 1 aliphatic heterocycles. The molecule has 2 N–H and O–H groups in total. The molecule has 1 aliphatic rings. The van der Waals surface area contributed by atoms with Gasteiger partial charge in [0, 0.05) is 10.7 Å². The van der Waals surface area contributed by atoms with Crippen molar-refractivity contribution < 1.29 is 32.2 Å². The molecule has 27 heavy (non-hydrogen) atoms. The topological polar surface area (TPSA) is 74.9 Å². The van der Waals surface area contributed by atoms with Crippen molar-refractivity contribution in [3.8, 4) is 5.75 Å². The predicted octanol–water partition coefficient (Wildman–Crippen LogP) is 3.63. The number of benzene rings is 1. The summed E-state index contributed by atoms with van der Waals surface area (Å²) in [5, 5.41) is 10.5. The zero-order valence-electron chi connectivity index (χ0n) is 13.9. The quantitative estimate of drug-likeness (QED) is 0.817. The van der Waals surface area contributed by atoms with Crippen molar-refractivity contribution in [2.24, 2.45) is 0 Å². The van der Waals surface area contributed by atoms with Gasteiger partial charge in [0.1, 0.15) is 18.1 Å². The Bertz CT molecular complexity index is 879. The van der Waals surface area contributed by atoms with E-state index in [2.05, 4.69) is 5.43 Å². The van der Waals surface area contributed by atoms with Crippen LogP contribution in [0.25, 0.3) is 0 Å². The van der Waals surface area contributed by atoms with Crippen molar-refractivity contribution >= 4 is 17.5 Å². The molecule has 1 aromatic carbocycles. The third-order valence-corrected chi connectivity index (χ3v) is 3.99. The van der Waals surface area contributed by atoms with Crippen LogP contribution in [0.1, 0.15) is 23.2 Å². The lowest BCUT2D eigenvalue weighted by Gasteiger charge is -2.33. The first-order valence-electron chi connectivity index (χ1n) is 7.67. The highest BCUT2D eigenvalue weighted by Gasteiger charge is 2.61. The number of aliphatic hydroxyl groups is 1. The number of allylic oxidation sites excluding steroid dienone is 1. The second-order valence-corrected chi connectivity index (χ2v) is 6.25. The van der Waals surface area contributed by atoms with Gasteiger partial charge in [0.15, 0.2) is 5.76 Å². The molecule has 0 fully saturated rings. The van der Waals surface area contributed by atoms with Crippen molar-refractivity contribution in [3.05, 3.63) is 64.7 Å². The lowest BCUT2D eigenvalue weighted by atomic mass is 10.2. The van der Waals surface area contributed by atoms with E-state index < -0.39 is 17.8 Å². The zero-order valence-corrected chi connectivity index (χ0v) is 14.6. The van der Waals surface area contributed by atoms with Gasteiger partial charge in [0.2, 0.25) is 0 Å². The number of alkyl halides is 3. The fraction of sp³-hybridized carbons (Fsp3) is 0.235. The molecule has 1 amide bonds. The summed E-state index contributed by atoms with van der Waals surface area (Å²) < 4.78 is 50.3. The third kappa shape index (κ3) is 3.74. The number of carbonyl (C=O) groups excluding carboxylic acids is 1. The van der Waals surface area contributed by atoms with E-state index >= 15 is 0 Å². The third-order valence-electron chi connectivity index (χ3n) is 3.73. The summed E-state index contributed by atoms with van der Waals surface area (Å²) in [6.07, 6.45) is -4.58. The molecule has 0 saturated carbocycles. The van der Waals surface area contributed by atoms with Gasteiger partial charge in [-0.25, -0.2) is 5.01 Å². The fourth-order valence-electron chi connectivity index (χ4n) is 2.44. The maximum atomic E-state index is 13.2. The van der Waals surface area contributed by atoms with E-state index in [0.717, 1.165) is 0 Å². The summed E-state index contributed by atoms with van der Waals surface area (Å²) >= 11 is 5.77. The van der Waals surface area contributed by atoms with Crippen molar-refractivity contribution in [3.63, 3.8) is 0 Å². The van der Waals surface area contributed by atoms with Crippen LogP contribution in [0.3, 0.4) is 0 Å². The van der Waals surface area contributed by atoms with Gasteiger partial charge in [-0.15, -0.1) is 0 Å². The monoisotopic (exact) mass is 402 g/mol. The predicted molar refractivity (Wildman–Crippen MR) is 88.6 cm³/mol. The first kappa shape index (κ1) is 19.1. The number of hydrazine groups is 1. The van der Waals surface area contributed by atoms with Gasteiger partial charge in [0.25, 0.3) is 5.72 Å². The number of carbonyl (C=O) groups is 1. The summed E-state index contributed by atoms with van der Waals surface area (Å²) in [6, 6.07) is 9.11. The Labute approximate surface area is 156 Å². The Morgan fingerprint density at radius 3 is 2.59 bits per heavy atom. The summed E-state index contributed by atoms with van der Waals surface area (Å²) in [6.45, 7) is 1.24. The number of halogens is 4. The van der Waals surface area contributed by atoms with Crippen molar-refractivity contribution in [1.29, 1.82) is 0 Å². The number of nitrogens with zero attached hydrogens (tertiary/aromatic N) is 1. The van der Waals surface area contributed by atoms with E-state index in [4.69, 9.17) is 20.8 Å². The summed E-state index contributed by atoms with van der Waals surface area (Å²) in [4.78, 5) is 12.4. The van der Waals surface area contributed by atoms with Gasteiger partial charge in [-0.2, -0.15) is 13.2 Å². The molecule has 6 nitrogen and oxygen atoms in total. The van der Waals surface area contributed by atoms with Gasteiger partial charge in [-0.1, -0.05) is 11.6 Å². The van der Waals surface area contributed by atoms with E-state index in [0.29, 0.717) is 16.8 Å².